The third-order valence-corrected chi connectivity index (χ3v) is 7.25. The minimum atomic E-state index is -1.53. The second-order valence-electron chi connectivity index (χ2n) is 9.83. The topological polar surface area (TPSA) is 71.1 Å². The van der Waals surface area contributed by atoms with E-state index in [2.05, 4.69) is 0 Å². The fourth-order valence-electron chi connectivity index (χ4n) is 4.83. The first-order chi connectivity index (χ1) is 20.1. The Balaban J connectivity index is 1.65. The van der Waals surface area contributed by atoms with Crippen LogP contribution in [0.5, 0.6) is 11.5 Å². The van der Waals surface area contributed by atoms with Crippen LogP contribution in [0.25, 0.3) is 0 Å². The van der Waals surface area contributed by atoms with Crippen LogP contribution in [0.4, 0.5) is 0 Å². The first kappa shape index (κ1) is 29.4. The summed E-state index contributed by atoms with van der Waals surface area (Å²) in [5, 5.41) is 0. The van der Waals surface area contributed by atoms with Gasteiger partial charge in [-0.2, -0.15) is 0 Å². The zero-order chi connectivity index (χ0) is 28.9. The number of methoxy groups -OCH3 is 2. The molecule has 0 radical (unpaired) electrons. The Labute approximate surface area is 241 Å². The van der Waals surface area contributed by atoms with E-state index in [-0.39, 0.29) is 26.1 Å². The van der Waals surface area contributed by atoms with Crippen molar-refractivity contribution in [2.45, 2.75) is 38.9 Å². The van der Waals surface area contributed by atoms with Gasteiger partial charge in [-0.1, -0.05) is 97.1 Å². The molecule has 0 atom stereocenters. The molecule has 212 valence electrons. The van der Waals surface area contributed by atoms with Crippen molar-refractivity contribution in [3.63, 3.8) is 0 Å². The third-order valence-electron chi connectivity index (χ3n) is 7.25. The lowest BCUT2D eigenvalue weighted by molar-refractivity contribution is -0.175. The van der Waals surface area contributed by atoms with Crippen molar-refractivity contribution < 1.29 is 28.5 Å². The third kappa shape index (κ3) is 7.76. The average molecular weight is 553 g/mol. The highest BCUT2D eigenvalue weighted by Gasteiger charge is 2.48. The van der Waals surface area contributed by atoms with Gasteiger partial charge in [0.1, 0.15) is 24.7 Å². The summed E-state index contributed by atoms with van der Waals surface area (Å²) in [4.78, 5) is 28.1. The molecule has 41 heavy (non-hydrogen) atoms. The van der Waals surface area contributed by atoms with Gasteiger partial charge in [0, 0.05) is 11.1 Å². The molecule has 6 nitrogen and oxygen atoms in total. The van der Waals surface area contributed by atoms with Crippen LogP contribution < -0.4 is 9.47 Å². The highest BCUT2D eigenvalue weighted by molar-refractivity contribution is 6.00. The lowest BCUT2D eigenvalue weighted by Crippen LogP contribution is -2.43. The van der Waals surface area contributed by atoms with Crippen molar-refractivity contribution in [1.29, 1.82) is 0 Å². The Morgan fingerprint density at radius 3 is 1.29 bits per heavy atom. The van der Waals surface area contributed by atoms with E-state index >= 15 is 0 Å². The second-order valence-corrected chi connectivity index (χ2v) is 9.83. The molecule has 0 saturated carbocycles. The van der Waals surface area contributed by atoms with Gasteiger partial charge in [0.05, 0.1) is 14.2 Å². The quantitative estimate of drug-likeness (QED) is 0.127. The predicted octanol–water partition coefficient (Wildman–Crippen LogP) is 6.74. The lowest BCUT2D eigenvalue weighted by atomic mass is 9.77. The smallest absolute Gasteiger partial charge is 0.323 e. The summed E-state index contributed by atoms with van der Waals surface area (Å²) in [7, 11) is 3.14. The lowest BCUT2D eigenvalue weighted by Gasteiger charge is -2.30. The van der Waals surface area contributed by atoms with E-state index in [1.807, 2.05) is 109 Å². The number of benzene rings is 4. The molecule has 0 unspecified atom stereocenters. The van der Waals surface area contributed by atoms with E-state index in [1.54, 1.807) is 14.2 Å². The minimum absolute atomic E-state index is 0.0267. The Morgan fingerprint density at radius 1 is 0.537 bits per heavy atom. The van der Waals surface area contributed by atoms with Crippen LogP contribution in [-0.2, 0) is 45.1 Å². The first-order valence-electron chi connectivity index (χ1n) is 13.7. The average Bonchev–Trinajstić information content (AvgIpc) is 3.04. The molecule has 0 fully saturated rings. The van der Waals surface area contributed by atoms with Gasteiger partial charge in [-0.05, 0) is 48.9 Å². The summed E-state index contributed by atoms with van der Waals surface area (Å²) in [5.74, 6) is -0.00275. The summed E-state index contributed by atoms with van der Waals surface area (Å²) in [5.41, 5.74) is 1.94. The molecular formula is C35H36O6. The Morgan fingerprint density at radius 2 is 0.902 bits per heavy atom. The van der Waals surface area contributed by atoms with Crippen LogP contribution in [0.15, 0.2) is 109 Å². The molecule has 0 saturated heterocycles. The van der Waals surface area contributed by atoms with Gasteiger partial charge in [-0.25, -0.2) is 0 Å². The molecule has 0 spiro atoms. The van der Waals surface area contributed by atoms with Crippen molar-refractivity contribution in [2.75, 3.05) is 14.2 Å². The molecule has 6 heteroatoms. The van der Waals surface area contributed by atoms with E-state index in [0.717, 1.165) is 11.1 Å². The standard InChI is InChI=1S/C35H36O6/c1-38-31-19-11-9-17-29(31)25-40-33(36)35(23-21-27-13-5-3-6-14-27,24-22-28-15-7-4-8-16-28)34(37)41-26-30-18-10-12-20-32(30)39-2/h3-20H,21-26H2,1-2H3. The molecular weight excluding hydrogens is 516 g/mol. The summed E-state index contributed by atoms with van der Waals surface area (Å²) in [6, 6.07) is 34.3. The highest BCUT2D eigenvalue weighted by Crippen LogP contribution is 2.35. The van der Waals surface area contributed by atoms with Crippen molar-refractivity contribution in [3.05, 3.63) is 131 Å². The summed E-state index contributed by atoms with van der Waals surface area (Å²) in [6.07, 6.45) is 1.48. The Hall–Kier alpha value is -4.58. The molecule has 0 aliphatic rings. The van der Waals surface area contributed by atoms with Crippen LogP contribution in [0.2, 0.25) is 0 Å². The molecule has 0 heterocycles. The molecule has 0 bridgehead atoms. The number of carbonyl (C=O) groups is 2. The first-order valence-corrected chi connectivity index (χ1v) is 13.7. The van der Waals surface area contributed by atoms with E-state index in [4.69, 9.17) is 18.9 Å². The number of ether oxygens (including phenoxy) is 4. The molecule has 4 aromatic rings. The molecule has 4 aromatic carbocycles. The van der Waals surface area contributed by atoms with E-state index in [1.165, 1.54) is 0 Å². The van der Waals surface area contributed by atoms with Crippen molar-refractivity contribution >= 4 is 11.9 Å². The molecule has 0 aromatic heterocycles. The maximum absolute atomic E-state index is 14.1. The van der Waals surface area contributed by atoms with Gasteiger partial charge in [-0.3, -0.25) is 9.59 Å². The van der Waals surface area contributed by atoms with Gasteiger partial charge in [-0.15, -0.1) is 0 Å². The number of hydrogen-bond acceptors (Lipinski definition) is 6. The van der Waals surface area contributed by atoms with Crippen molar-refractivity contribution in [2.24, 2.45) is 5.41 Å². The zero-order valence-corrected chi connectivity index (χ0v) is 23.6. The number of esters is 2. The normalized spacial score (nSPS) is 11.0. The molecule has 4 rings (SSSR count). The van der Waals surface area contributed by atoms with Crippen molar-refractivity contribution in [1.82, 2.24) is 0 Å². The summed E-state index contributed by atoms with van der Waals surface area (Å²) in [6.45, 7) is -0.0535. The molecule has 0 amide bonds. The van der Waals surface area contributed by atoms with E-state index in [0.29, 0.717) is 35.5 Å². The monoisotopic (exact) mass is 552 g/mol. The fourth-order valence-corrected chi connectivity index (χ4v) is 4.83. The highest BCUT2D eigenvalue weighted by atomic mass is 16.6. The van der Waals surface area contributed by atoms with Gasteiger partial charge < -0.3 is 18.9 Å². The largest absolute Gasteiger partial charge is 0.496 e. The van der Waals surface area contributed by atoms with Crippen LogP contribution in [0, 0.1) is 5.41 Å². The van der Waals surface area contributed by atoms with Crippen molar-refractivity contribution in [3.8, 4) is 11.5 Å². The fraction of sp³-hybridized carbons (Fsp3) is 0.257. The van der Waals surface area contributed by atoms with Gasteiger partial charge >= 0.3 is 11.9 Å². The van der Waals surface area contributed by atoms with Crippen LogP contribution in [0.1, 0.15) is 35.1 Å². The summed E-state index contributed by atoms with van der Waals surface area (Å²) >= 11 is 0. The number of rotatable bonds is 14. The number of aryl methyl sites for hydroxylation is 2. The maximum Gasteiger partial charge on any atom is 0.323 e. The summed E-state index contributed by atoms with van der Waals surface area (Å²) < 4.78 is 22.6. The van der Waals surface area contributed by atoms with Gasteiger partial charge in [0.2, 0.25) is 0 Å². The van der Waals surface area contributed by atoms with Crippen LogP contribution >= 0.6 is 0 Å². The second kappa shape index (κ2) is 14.7. The Kier molecular flexibility index (Phi) is 10.5. The zero-order valence-electron chi connectivity index (χ0n) is 23.6. The minimum Gasteiger partial charge on any atom is -0.496 e. The SMILES string of the molecule is COc1ccccc1COC(=O)C(CCc1ccccc1)(CCc1ccccc1)C(=O)OCc1ccccc1OC. The Bertz CT molecular complexity index is 1290. The van der Waals surface area contributed by atoms with Crippen LogP contribution in [-0.4, -0.2) is 26.2 Å². The molecule has 0 N–H and O–H groups in total. The predicted molar refractivity (Wildman–Crippen MR) is 158 cm³/mol. The number of carbonyl (C=O) groups excluding carboxylic acids is 2. The van der Waals surface area contributed by atoms with E-state index in [9.17, 15) is 9.59 Å². The van der Waals surface area contributed by atoms with Gasteiger partial charge in [0.15, 0.2) is 5.41 Å². The maximum atomic E-state index is 14.1. The number of para-hydroxylation sites is 2. The molecule has 0 aliphatic heterocycles. The van der Waals surface area contributed by atoms with Crippen LogP contribution in [0.3, 0.4) is 0 Å². The number of hydrogen-bond donors (Lipinski definition) is 0. The molecule has 0 aliphatic carbocycles. The van der Waals surface area contributed by atoms with Gasteiger partial charge in [0.25, 0.3) is 0 Å². The van der Waals surface area contributed by atoms with E-state index < -0.39 is 17.4 Å².